The Morgan fingerprint density at radius 3 is 2.48 bits per heavy atom. The molecule has 0 saturated carbocycles. The standard InChI is InChI=1S/C19H20N2O4/c1-14-4-5-17(12-15(13-20)19(22)25-11-10-23-2)21(14)16-6-8-18(24-3)9-7-16/h4-9,12H,10-11H2,1-3H3/b15-12+. The van der Waals surface area contributed by atoms with E-state index in [-0.39, 0.29) is 18.8 Å². The lowest BCUT2D eigenvalue weighted by Gasteiger charge is -2.11. The lowest BCUT2D eigenvalue weighted by atomic mass is 10.2. The summed E-state index contributed by atoms with van der Waals surface area (Å²) in [7, 11) is 3.12. The van der Waals surface area contributed by atoms with Gasteiger partial charge < -0.3 is 18.8 Å². The molecule has 0 fully saturated rings. The zero-order valence-corrected chi connectivity index (χ0v) is 14.5. The number of carbonyl (C=O) groups excluding carboxylic acids is 1. The van der Waals surface area contributed by atoms with Gasteiger partial charge in [-0.3, -0.25) is 0 Å². The molecule has 1 heterocycles. The van der Waals surface area contributed by atoms with Crippen molar-refractivity contribution in [3.05, 3.63) is 53.4 Å². The van der Waals surface area contributed by atoms with Crippen molar-refractivity contribution in [2.75, 3.05) is 27.4 Å². The molecule has 25 heavy (non-hydrogen) atoms. The number of rotatable bonds is 7. The summed E-state index contributed by atoms with van der Waals surface area (Å²) in [4.78, 5) is 12.0. The number of nitriles is 1. The third-order valence-corrected chi connectivity index (χ3v) is 3.59. The highest BCUT2D eigenvalue weighted by atomic mass is 16.6. The summed E-state index contributed by atoms with van der Waals surface area (Å²) < 4.78 is 17.0. The Bertz CT molecular complexity index is 798. The summed E-state index contributed by atoms with van der Waals surface area (Å²) in [6.45, 7) is 2.34. The first kappa shape index (κ1) is 18.3. The molecule has 0 atom stereocenters. The zero-order valence-electron chi connectivity index (χ0n) is 14.5. The smallest absolute Gasteiger partial charge is 0.349 e. The fourth-order valence-corrected chi connectivity index (χ4v) is 2.34. The van der Waals surface area contributed by atoms with Crippen LogP contribution in [0.2, 0.25) is 0 Å². The second-order valence-electron chi connectivity index (χ2n) is 5.23. The van der Waals surface area contributed by atoms with Crippen LogP contribution < -0.4 is 4.74 Å². The van der Waals surface area contributed by atoms with Crippen LogP contribution in [0.15, 0.2) is 42.0 Å². The molecule has 1 aromatic carbocycles. The van der Waals surface area contributed by atoms with Gasteiger partial charge in [-0.25, -0.2) is 4.79 Å². The van der Waals surface area contributed by atoms with Crippen molar-refractivity contribution < 1.29 is 19.0 Å². The maximum absolute atomic E-state index is 12.0. The highest BCUT2D eigenvalue weighted by Gasteiger charge is 2.13. The van der Waals surface area contributed by atoms with Gasteiger partial charge in [0.05, 0.1) is 13.7 Å². The monoisotopic (exact) mass is 340 g/mol. The predicted octanol–water partition coefficient (Wildman–Crippen LogP) is 2.89. The van der Waals surface area contributed by atoms with Crippen LogP contribution in [-0.2, 0) is 14.3 Å². The number of carbonyl (C=O) groups is 1. The van der Waals surface area contributed by atoms with Crippen LogP contribution in [-0.4, -0.2) is 38.0 Å². The fraction of sp³-hybridized carbons (Fsp3) is 0.263. The molecular formula is C19H20N2O4. The summed E-state index contributed by atoms with van der Waals surface area (Å²) in [5.41, 5.74) is 2.52. The Morgan fingerprint density at radius 1 is 1.16 bits per heavy atom. The van der Waals surface area contributed by atoms with Crippen molar-refractivity contribution in [2.45, 2.75) is 6.92 Å². The van der Waals surface area contributed by atoms with Gasteiger partial charge in [0.2, 0.25) is 0 Å². The molecule has 6 nitrogen and oxygen atoms in total. The number of ether oxygens (including phenoxy) is 3. The summed E-state index contributed by atoms with van der Waals surface area (Å²) in [5, 5.41) is 9.27. The number of aromatic nitrogens is 1. The molecule has 6 heteroatoms. The van der Waals surface area contributed by atoms with Crippen LogP contribution in [0.25, 0.3) is 11.8 Å². The number of esters is 1. The average Bonchev–Trinajstić information content (AvgIpc) is 3.00. The van der Waals surface area contributed by atoms with E-state index in [0.29, 0.717) is 5.69 Å². The maximum atomic E-state index is 12.0. The summed E-state index contributed by atoms with van der Waals surface area (Å²) in [6.07, 6.45) is 1.52. The van der Waals surface area contributed by atoms with Crippen molar-refractivity contribution >= 4 is 12.0 Å². The highest BCUT2D eigenvalue weighted by molar-refractivity contribution is 5.97. The molecule has 0 radical (unpaired) electrons. The fourth-order valence-electron chi connectivity index (χ4n) is 2.34. The number of benzene rings is 1. The first-order valence-corrected chi connectivity index (χ1v) is 7.71. The largest absolute Gasteiger partial charge is 0.497 e. The van der Waals surface area contributed by atoms with Crippen molar-refractivity contribution in [3.8, 4) is 17.5 Å². The SMILES string of the molecule is COCCOC(=O)/C(C#N)=C/c1ccc(C)n1-c1ccc(OC)cc1. The van der Waals surface area contributed by atoms with Crippen LogP contribution in [0.4, 0.5) is 0 Å². The predicted molar refractivity (Wildman–Crippen MR) is 93.5 cm³/mol. The summed E-state index contributed by atoms with van der Waals surface area (Å²) in [5.74, 6) is 0.0878. The quantitative estimate of drug-likeness (QED) is 0.335. The van der Waals surface area contributed by atoms with E-state index in [9.17, 15) is 10.1 Å². The van der Waals surface area contributed by atoms with E-state index in [1.54, 1.807) is 7.11 Å². The molecule has 130 valence electrons. The van der Waals surface area contributed by atoms with Crippen LogP contribution in [0.5, 0.6) is 5.75 Å². The molecular weight excluding hydrogens is 320 g/mol. The second kappa shape index (κ2) is 8.71. The summed E-state index contributed by atoms with van der Waals surface area (Å²) in [6, 6.07) is 13.2. The van der Waals surface area contributed by atoms with Crippen LogP contribution >= 0.6 is 0 Å². The first-order chi connectivity index (χ1) is 12.1. The van der Waals surface area contributed by atoms with Crippen molar-refractivity contribution in [3.63, 3.8) is 0 Å². The van der Waals surface area contributed by atoms with E-state index in [0.717, 1.165) is 17.1 Å². The van der Waals surface area contributed by atoms with Gasteiger partial charge in [-0.05, 0) is 49.4 Å². The van der Waals surface area contributed by atoms with Gasteiger partial charge in [-0.15, -0.1) is 0 Å². The van der Waals surface area contributed by atoms with Gasteiger partial charge in [-0.2, -0.15) is 5.26 Å². The minimum absolute atomic E-state index is 0.0658. The molecule has 2 rings (SSSR count). The molecule has 0 bridgehead atoms. The topological polar surface area (TPSA) is 73.5 Å². The zero-order chi connectivity index (χ0) is 18.2. The van der Waals surface area contributed by atoms with E-state index >= 15 is 0 Å². The minimum Gasteiger partial charge on any atom is -0.497 e. The Hall–Kier alpha value is -3.04. The molecule has 0 aliphatic heterocycles. The molecule has 0 saturated heterocycles. The van der Waals surface area contributed by atoms with E-state index in [1.165, 1.54) is 13.2 Å². The van der Waals surface area contributed by atoms with Gasteiger partial charge in [0.1, 0.15) is 24.0 Å². The van der Waals surface area contributed by atoms with Crippen LogP contribution in [0.3, 0.4) is 0 Å². The first-order valence-electron chi connectivity index (χ1n) is 7.71. The van der Waals surface area contributed by atoms with Gasteiger partial charge >= 0.3 is 5.97 Å². The van der Waals surface area contributed by atoms with Crippen LogP contribution in [0, 0.1) is 18.3 Å². The Labute approximate surface area is 146 Å². The van der Waals surface area contributed by atoms with Gasteiger partial charge in [0.15, 0.2) is 0 Å². The average molecular weight is 340 g/mol. The van der Waals surface area contributed by atoms with E-state index in [4.69, 9.17) is 14.2 Å². The second-order valence-corrected chi connectivity index (χ2v) is 5.23. The molecule has 0 spiro atoms. The minimum atomic E-state index is -0.667. The third kappa shape index (κ3) is 4.49. The maximum Gasteiger partial charge on any atom is 0.349 e. The normalized spacial score (nSPS) is 11.0. The van der Waals surface area contributed by atoms with Gasteiger partial charge in [-0.1, -0.05) is 0 Å². The highest BCUT2D eigenvalue weighted by Crippen LogP contribution is 2.21. The Morgan fingerprint density at radius 2 is 1.88 bits per heavy atom. The van der Waals surface area contributed by atoms with Gasteiger partial charge in [0.25, 0.3) is 0 Å². The van der Waals surface area contributed by atoms with Crippen molar-refractivity contribution in [2.24, 2.45) is 0 Å². The summed E-state index contributed by atoms with van der Waals surface area (Å²) >= 11 is 0. The molecule has 2 aromatic rings. The molecule has 0 N–H and O–H groups in total. The number of hydrogen-bond donors (Lipinski definition) is 0. The molecule has 0 aliphatic rings. The van der Waals surface area contributed by atoms with Crippen LogP contribution in [0.1, 0.15) is 11.4 Å². The molecule has 0 aliphatic carbocycles. The molecule has 0 unspecified atom stereocenters. The lowest BCUT2D eigenvalue weighted by molar-refractivity contribution is -0.139. The van der Waals surface area contributed by atoms with E-state index in [2.05, 4.69) is 0 Å². The lowest BCUT2D eigenvalue weighted by Crippen LogP contribution is -2.11. The third-order valence-electron chi connectivity index (χ3n) is 3.59. The number of hydrogen-bond acceptors (Lipinski definition) is 5. The molecule has 0 amide bonds. The van der Waals surface area contributed by atoms with E-state index < -0.39 is 5.97 Å². The Kier molecular flexibility index (Phi) is 6.38. The van der Waals surface area contributed by atoms with Gasteiger partial charge in [0, 0.05) is 24.2 Å². The Balaban J connectivity index is 2.33. The van der Waals surface area contributed by atoms with Crippen molar-refractivity contribution in [1.82, 2.24) is 4.57 Å². The van der Waals surface area contributed by atoms with Crippen molar-refractivity contribution in [1.29, 1.82) is 5.26 Å². The number of nitrogens with zero attached hydrogens (tertiary/aromatic N) is 2. The van der Waals surface area contributed by atoms with E-state index in [1.807, 2.05) is 54.0 Å². The number of methoxy groups -OCH3 is 2. The molecule has 1 aromatic heterocycles. The number of aryl methyl sites for hydroxylation is 1.